The lowest BCUT2D eigenvalue weighted by Crippen LogP contribution is -2.33. The molecule has 1 aliphatic rings. The Morgan fingerprint density at radius 3 is 2.84 bits per heavy atom. The fourth-order valence-corrected chi connectivity index (χ4v) is 3.77. The van der Waals surface area contributed by atoms with Crippen molar-refractivity contribution in [2.45, 2.75) is 26.3 Å². The second-order valence-electron chi connectivity index (χ2n) is 7.07. The summed E-state index contributed by atoms with van der Waals surface area (Å²) in [6.45, 7) is 5.49. The monoisotopic (exact) mass is 333 g/mol. The Balaban J connectivity index is 1.72. The zero-order valence-corrected chi connectivity index (χ0v) is 14.5. The Hall–Kier alpha value is -2.46. The van der Waals surface area contributed by atoms with E-state index < -0.39 is 0 Å². The quantitative estimate of drug-likeness (QED) is 0.792. The summed E-state index contributed by atoms with van der Waals surface area (Å²) in [6, 6.07) is 15.7. The molecule has 2 aromatic carbocycles. The highest BCUT2D eigenvalue weighted by Crippen LogP contribution is 2.24. The van der Waals surface area contributed by atoms with Crippen molar-refractivity contribution < 1.29 is 0 Å². The first kappa shape index (κ1) is 16.0. The molecule has 0 saturated carbocycles. The van der Waals surface area contributed by atoms with Crippen LogP contribution in [0.25, 0.3) is 22.3 Å². The number of piperidine rings is 1. The van der Waals surface area contributed by atoms with Crippen LogP contribution in [0.2, 0.25) is 0 Å². The van der Waals surface area contributed by atoms with E-state index in [1.165, 1.54) is 18.4 Å². The molecule has 0 bridgehead atoms. The summed E-state index contributed by atoms with van der Waals surface area (Å²) in [4.78, 5) is 22.6. The maximum Gasteiger partial charge on any atom is 0.259 e. The van der Waals surface area contributed by atoms with Crippen molar-refractivity contribution in [1.29, 1.82) is 0 Å². The van der Waals surface area contributed by atoms with Crippen molar-refractivity contribution in [2.24, 2.45) is 5.92 Å². The van der Waals surface area contributed by atoms with Crippen LogP contribution in [0, 0.1) is 5.92 Å². The molecule has 3 aromatic rings. The maximum absolute atomic E-state index is 12.4. The zero-order chi connectivity index (χ0) is 17.2. The molecular weight excluding hydrogens is 310 g/mol. The topological polar surface area (TPSA) is 49.0 Å². The number of nitrogens with zero attached hydrogens (tertiary/aromatic N) is 2. The molecule has 128 valence electrons. The van der Waals surface area contributed by atoms with Gasteiger partial charge in [0.1, 0.15) is 5.82 Å². The normalized spacial score (nSPS) is 18.5. The van der Waals surface area contributed by atoms with Crippen molar-refractivity contribution in [3.8, 4) is 11.4 Å². The van der Waals surface area contributed by atoms with Gasteiger partial charge in [0.25, 0.3) is 5.56 Å². The van der Waals surface area contributed by atoms with Gasteiger partial charge in [0.15, 0.2) is 0 Å². The summed E-state index contributed by atoms with van der Waals surface area (Å²) in [6.07, 6.45) is 2.58. The molecule has 1 fully saturated rings. The number of likely N-dealkylation sites (tertiary alicyclic amines) is 1. The molecule has 0 spiro atoms. The number of para-hydroxylation sites is 1. The highest BCUT2D eigenvalue weighted by Gasteiger charge is 2.18. The Morgan fingerprint density at radius 2 is 1.96 bits per heavy atom. The van der Waals surface area contributed by atoms with E-state index in [-0.39, 0.29) is 5.56 Å². The lowest BCUT2D eigenvalue weighted by atomic mass is 9.98. The van der Waals surface area contributed by atoms with Crippen LogP contribution in [-0.2, 0) is 6.54 Å². The Kier molecular flexibility index (Phi) is 4.36. The van der Waals surface area contributed by atoms with E-state index in [1.807, 2.05) is 30.3 Å². The zero-order valence-electron chi connectivity index (χ0n) is 14.5. The number of hydrogen-bond acceptors (Lipinski definition) is 3. The van der Waals surface area contributed by atoms with Crippen LogP contribution in [0.1, 0.15) is 25.3 Å². The Bertz CT molecular complexity index is 947. The number of rotatable bonds is 3. The molecule has 0 radical (unpaired) electrons. The van der Waals surface area contributed by atoms with Gasteiger partial charge in [0.05, 0.1) is 10.9 Å². The first-order valence-electron chi connectivity index (χ1n) is 9.00. The standard InChI is InChI=1S/C21H23N3O/c1-15-7-6-12-24(13-15)14-16-8-2-3-9-17(16)20-22-19-11-5-4-10-18(19)21(25)23-20/h2-5,8-11,15H,6-7,12-14H2,1H3,(H,22,23,25). The minimum absolute atomic E-state index is 0.0815. The second kappa shape index (κ2) is 6.81. The molecule has 0 aliphatic carbocycles. The highest BCUT2D eigenvalue weighted by molar-refractivity contribution is 5.79. The van der Waals surface area contributed by atoms with E-state index in [0.717, 1.165) is 36.6 Å². The summed E-state index contributed by atoms with van der Waals surface area (Å²) < 4.78 is 0. The first-order chi connectivity index (χ1) is 12.2. The van der Waals surface area contributed by atoms with Crippen molar-refractivity contribution in [2.75, 3.05) is 13.1 Å². The molecule has 1 N–H and O–H groups in total. The van der Waals surface area contributed by atoms with Crippen LogP contribution in [0.15, 0.2) is 53.3 Å². The van der Waals surface area contributed by atoms with E-state index in [1.54, 1.807) is 0 Å². The maximum atomic E-state index is 12.4. The predicted molar refractivity (Wildman–Crippen MR) is 101 cm³/mol. The minimum atomic E-state index is -0.0815. The van der Waals surface area contributed by atoms with Gasteiger partial charge >= 0.3 is 0 Å². The molecular formula is C21H23N3O. The molecule has 2 heterocycles. The molecule has 0 amide bonds. The molecule has 1 saturated heterocycles. The van der Waals surface area contributed by atoms with Crippen LogP contribution in [0.4, 0.5) is 0 Å². The lowest BCUT2D eigenvalue weighted by Gasteiger charge is -2.31. The molecule has 1 unspecified atom stereocenters. The van der Waals surface area contributed by atoms with Gasteiger partial charge in [-0.2, -0.15) is 0 Å². The molecule has 1 aromatic heterocycles. The van der Waals surface area contributed by atoms with E-state index in [4.69, 9.17) is 4.98 Å². The first-order valence-corrected chi connectivity index (χ1v) is 9.00. The average molecular weight is 333 g/mol. The molecule has 25 heavy (non-hydrogen) atoms. The van der Waals surface area contributed by atoms with Gasteiger partial charge in [-0.25, -0.2) is 4.98 Å². The van der Waals surface area contributed by atoms with Crippen LogP contribution in [0.5, 0.6) is 0 Å². The van der Waals surface area contributed by atoms with Crippen molar-refractivity contribution in [3.63, 3.8) is 0 Å². The van der Waals surface area contributed by atoms with Crippen LogP contribution < -0.4 is 5.56 Å². The number of benzene rings is 2. The minimum Gasteiger partial charge on any atom is -0.306 e. The Labute approximate surface area is 147 Å². The third kappa shape index (κ3) is 3.35. The fraction of sp³-hybridized carbons (Fsp3) is 0.333. The van der Waals surface area contributed by atoms with E-state index in [2.05, 4.69) is 35.0 Å². The van der Waals surface area contributed by atoms with E-state index in [0.29, 0.717) is 11.2 Å². The summed E-state index contributed by atoms with van der Waals surface area (Å²) in [5.41, 5.74) is 2.89. The van der Waals surface area contributed by atoms with Gasteiger partial charge in [0, 0.05) is 18.7 Å². The number of hydrogen-bond donors (Lipinski definition) is 1. The van der Waals surface area contributed by atoms with Gasteiger partial charge in [-0.3, -0.25) is 9.69 Å². The van der Waals surface area contributed by atoms with E-state index >= 15 is 0 Å². The van der Waals surface area contributed by atoms with Crippen molar-refractivity contribution in [3.05, 3.63) is 64.4 Å². The lowest BCUT2D eigenvalue weighted by molar-refractivity contribution is 0.177. The second-order valence-corrected chi connectivity index (χ2v) is 7.07. The van der Waals surface area contributed by atoms with Crippen molar-refractivity contribution in [1.82, 2.24) is 14.9 Å². The molecule has 4 rings (SSSR count). The summed E-state index contributed by atoms with van der Waals surface area (Å²) >= 11 is 0. The molecule has 4 heteroatoms. The number of aromatic amines is 1. The van der Waals surface area contributed by atoms with Crippen LogP contribution in [-0.4, -0.2) is 28.0 Å². The number of aromatic nitrogens is 2. The van der Waals surface area contributed by atoms with E-state index in [9.17, 15) is 4.79 Å². The van der Waals surface area contributed by atoms with Crippen molar-refractivity contribution >= 4 is 10.9 Å². The van der Waals surface area contributed by atoms with Gasteiger partial charge < -0.3 is 4.98 Å². The number of H-pyrrole nitrogens is 1. The van der Waals surface area contributed by atoms with Gasteiger partial charge in [-0.1, -0.05) is 43.3 Å². The summed E-state index contributed by atoms with van der Waals surface area (Å²) in [5.74, 6) is 1.41. The SMILES string of the molecule is CC1CCCN(Cc2ccccc2-c2nc3ccccc3c(=O)[nH]2)C1. The van der Waals surface area contributed by atoms with Gasteiger partial charge in [-0.05, 0) is 43.0 Å². The van der Waals surface area contributed by atoms with Crippen LogP contribution >= 0.6 is 0 Å². The number of fused-ring (bicyclic) bond motifs is 1. The molecule has 1 atom stereocenters. The van der Waals surface area contributed by atoms with Gasteiger partial charge in [0.2, 0.25) is 0 Å². The average Bonchev–Trinajstić information content (AvgIpc) is 2.62. The highest BCUT2D eigenvalue weighted by atomic mass is 16.1. The number of nitrogens with one attached hydrogen (secondary N) is 1. The fourth-order valence-electron chi connectivity index (χ4n) is 3.77. The van der Waals surface area contributed by atoms with Crippen LogP contribution in [0.3, 0.4) is 0 Å². The smallest absolute Gasteiger partial charge is 0.259 e. The largest absolute Gasteiger partial charge is 0.306 e. The Morgan fingerprint density at radius 1 is 1.16 bits per heavy atom. The summed E-state index contributed by atoms with van der Waals surface area (Å²) in [5, 5.41) is 0.633. The third-order valence-electron chi connectivity index (χ3n) is 5.02. The summed E-state index contributed by atoms with van der Waals surface area (Å²) in [7, 11) is 0. The third-order valence-corrected chi connectivity index (χ3v) is 5.02. The predicted octanol–water partition coefficient (Wildman–Crippen LogP) is 3.82. The molecule has 1 aliphatic heterocycles. The molecule has 4 nitrogen and oxygen atoms in total. The van der Waals surface area contributed by atoms with Gasteiger partial charge in [-0.15, -0.1) is 0 Å².